The van der Waals surface area contributed by atoms with Crippen LogP contribution in [0.1, 0.15) is 36.8 Å². The minimum Gasteiger partial charge on any atom is -0.486 e. The van der Waals surface area contributed by atoms with Crippen molar-refractivity contribution in [2.45, 2.75) is 39.8 Å². The van der Waals surface area contributed by atoms with E-state index in [1.165, 1.54) is 0 Å². The molecule has 0 radical (unpaired) electrons. The number of carbonyl (C=O) groups excluding carboxylic acids is 2. The lowest BCUT2D eigenvalue weighted by Crippen LogP contribution is -2.26. The van der Waals surface area contributed by atoms with E-state index < -0.39 is 11.6 Å². The van der Waals surface area contributed by atoms with Crippen molar-refractivity contribution < 1.29 is 19.1 Å². The number of nitrogens with zero attached hydrogens (tertiary/aromatic N) is 1. The number of hydrogen-bond acceptors (Lipinski definition) is 4. The molecule has 5 heteroatoms. The van der Waals surface area contributed by atoms with Gasteiger partial charge in [-0.1, -0.05) is 17.7 Å². The summed E-state index contributed by atoms with van der Waals surface area (Å²) in [5.74, 6) is 0.0742. The molecule has 0 aliphatic carbocycles. The van der Waals surface area contributed by atoms with Crippen molar-refractivity contribution >= 4 is 11.8 Å². The lowest BCUT2D eigenvalue weighted by molar-refractivity contribution is -0.121. The molecule has 0 unspecified atom stereocenters. The summed E-state index contributed by atoms with van der Waals surface area (Å²) in [6.07, 6.45) is 1.68. The molecule has 1 heterocycles. The summed E-state index contributed by atoms with van der Waals surface area (Å²) < 4.78 is 12.4. The second-order valence-electron chi connectivity index (χ2n) is 6.66. The Kier molecular flexibility index (Phi) is 5.44. The standard InChI is InChI=1S/C19H23NO4/c1-14-7-9-16(10-8-14)23-13-15(21)12-20-11-5-6-17(20)18(22)24-19(2,3)4/h5-11H,12-13H2,1-4H3. The van der Waals surface area contributed by atoms with Crippen molar-refractivity contribution in [1.29, 1.82) is 0 Å². The highest BCUT2D eigenvalue weighted by Gasteiger charge is 2.21. The van der Waals surface area contributed by atoms with Gasteiger partial charge in [0.2, 0.25) is 0 Å². The van der Waals surface area contributed by atoms with E-state index >= 15 is 0 Å². The molecule has 0 N–H and O–H groups in total. The minimum absolute atomic E-state index is 0.0466. The Bertz CT molecular complexity index is 708. The first-order valence-corrected chi connectivity index (χ1v) is 7.84. The second kappa shape index (κ2) is 7.34. The van der Waals surface area contributed by atoms with Gasteiger partial charge in [-0.05, 0) is 52.0 Å². The van der Waals surface area contributed by atoms with E-state index in [2.05, 4.69) is 0 Å². The maximum Gasteiger partial charge on any atom is 0.355 e. The summed E-state index contributed by atoms with van der Waals surface area (Å²) in [5, 5.41) is 0. The maximum absolute atomic E-state index is 12.1. The summed E-state index contributed by atoms with van der Waals surface area (Å²) >= 11 is 0. The predicted octanol–water partition coefficient (Wildman–Crippen LogP) is 3.40. The van der Waals surface area contributed by atoms with Gasteiger partial charge < -0.3 is 14.0 Å². The van der Waals surface area contributed by atoms with Crippen molar-refractivity contribution in [2.75, 3.05) is 6.61 Å². The molecule has 0 atom stereocenters. The van der Waals surface area contributed by atoms with Crippen LogP contribution < -0.4 is 4.74 Å². The fourth-order valence-corrected chi connectivity index (χ4v) is 2.10. The fraction of sp³-hybridized carbons (Fsp3) is 0.368. The molecule has 0 amide bonds. The van der Waals surface area contributed by atoms with Crippen molar-refractivity contribution in [1.82, 2.24) is 4.57 Å². The summed E-state index contributed by atoms with van der Waals surface area (Å²) in [7, 11) is 0. The molecule has 128 valence electrons. The van der Waals surface area contributed by atoms with Crippen molar-refractivity contribution in [2.24, 2.45) is 0 Å². The molecule has 1 aromatic heterocycles. The van der Waals surface area contributed by atoms with E-state index in [4.69, 9.17) is 9.47 Å². The molecule has 0 aliphatic heterocycles. The third-order valence-electron chi connectivity index (χ3n) is 3.21. The number of benzene rings is 1. The molecular weight excluding hydrogens is 306 g/mol. The quantitative estimate of drug-likeness (QED) is 0.762. The van der Waals surface area contributed by atoms with Gasteiger partial charge in [0.1, 0.15) is 23.7 Å². The number of aryl methyl sites for hydroxylation is 1. The summed E-state index contributed by atoms with van der Waals surface area (Å²) in [6, 6.07) is 10.9. The zero-order valence-electron chi connectivity index (χ0n) is 14.5. The topological polar surface area (TPSA) is 57.5 Å². The van der Waals surface area contributed by atoms with Gasteiger partial charge in [0.25, 0.3) is 0 Å². The zero-order valence-corrected chi connectivity index (χ0v) is 14.5. The fourth-order valence-electron chi connectivity index (χ4n) is 2.10. The highest BCUT2D eigenvalue weighted by molar-refractivity contribution is 5.89. The molecule has 0 spiro atoms. The van der Waals surface area contributed by atoms with E-state index in [9.17, 15) is 9.59 Å². The van der Waals surface area contributed by atoms with Gasteiger partial charge in [-0.25, -0.2) is 4.79 Å². The highest BCUT2D eigenvalue weighted by atomic mass is 16.6. The van der Waals surface area contributed by atoms with Crippen molar-refractivity contribution in [3.63, 3.8) is 0 Å². The maximum atomic E-state index is 12.1. The van der Waals surface area contributed by atoms with Crippen molar-refractivity contribution in [3.05, 3.63) is 53.9 Å². The number of ketones is 1. The van der Waals surface area contributed by atoms with Crippen LogP contribution in [-0.2, 0) is 16.1 Å². The van der Waals surface area contributed by atoms with E-state index in [0.29, 0.717) is 11.4 Å². The number of carbonyl (C=O) groups is 2. The summed E-state index contributed by atoms with van der Waals surface area (Å²) in [5.41, 5.74) is 0.904. The van der Waals surface area contributed by atoms with Gasteiger partial charge in [-0.3, -0.25) is 4.79 Å². The predicted molar refractivity (Wildman–Crippen MR) is 91.3 cm³/mol. The monoisotopic (exact) mass is 329 g/mol. The summed E-state index contributed by atoms with van der Waals surface area (Å²) in [6.45, 7) is 7.41. The Balaban J connectivity index is 1.94. The molecule has 2 aromatic rings. The number of ether oxygens (including phenoxy) is 2. The first-order valence-electron chi connectivity index (χ1n) is 7.84. The van der Waals surface area contributed by atoms with Crippen LogP contribution in [0.5, 0.6) is 5.75 Å². The Hall–Kier alpha value is -2.56. The normalized spacial score (nSPS) is 11.2. The number of Topliss-reactive ketones (excluding diaryl/α,β-unsaturated/α-hetero) is 1. The van der Waals surface area contributed by atoms with E-state index in [-0.39, 0.29) is 18.9 Å². The number of rotatable bonds is 6. The minimum atomic E-state index is -0.579. The van der Waals surface area contributed by atoms with Crippen LogP contribution in [0.25, 0.3) is 0 Å². The average Bonchev–Trinajstić information content (AvgIpc) is 2.93. The molecule has 0 saturated carbocycles. The summed E-state index contributed by atoms with van der Waals surface area (Å²) in [4.78, 5) is 24.3. The smallest absolute Gasteiger partial charge is 0.355 e. The second-order valence-corrected chi connectivity index (χ2v) is 6.66. The van der Waals surface area contributed by atoms with E-state index in [0.717, 1.165) is 5.56 Å². The molecule has 24 heavy (non-hydrogen) atoms. The Labute approximate surface area is 142 Å². The Morgan fingerprint density at radius 3 is 2.38 bits per heavy atom. The molecule has 0 fully saturated rings. The van der Waals surface area contributed by atoms with Crippen LogP contribution in [-0.4, -0.2) is 28.5 Å². The molecule has 1 aromatic carbocycles. The lowest BCUT2D eigenvalue weighted by Gasteiger charge is -2.20. The third-order valence-corrected chi connectivity index (χ3v) is 3.21. The Morgan fingerprint density at radius 1 is 1.08 bits per heavy atom. The third kappa shape index (κ3) is 5.26. The Morgan fingerprint density at radius 2 is 1.75 bits per heavy atom. The van der Waals surface area contributed by atoms with Gasteiger partial charge in [-0.15, -0.1) is 0 Å². The van der Waals surface area contributed by atoms with Crippen molar-refractivity contribution in [3.8, 4) is 5.75 Å². The van der Waals surface area contributed by atoms with E-state index in [1.54, 1.807) is 43.7 Å². The molecule has 0 aliphatic rings. The van der Waals surface area contributed by atoms with Crippen LogP contribution >= 0.6 is 0 Å². The molecule has 0 saturated heterocycles. The largest absolute Gasteiger partial charge is 0.486 e. The van der Waals surface area contributed by atoms with Crippen LogP contribution in [0.3, 0.4) is 0 Å². The molecule has 5 nitrogen and oxygen atoms in total. The average molecular weight is 329 g/mol. The van der Waals surface area contributed by atoms with E-state index in [1.807, 2.05) is 31.2 Å². The van der Waals surface area contributed by atoms with Gasteiger partial charge >= 0.3 is 5.97 Å². The van der Waals surface area contributed by atoms with Crippen LogP contribution in [0.4, 0.5) is 0 Å². The number of esters is 1. The number of aromatic nitrogens is 1. The van der Waals surface area contributed by atoms with Crippen LogP contribution in [0, 0.1) is 6.92 Å². The number of hydrogen-bond donors (Lipinski definition) is 0. The highest BCUT2D eigenvalue weighted by Crippen LogP contribution is 2.14. The van der Waals surface area contributed by atoms with Gasteiger partial charge in [0, 0.05) is 6.20 Å². The first-order chi connectivity index (χ1) is 11.2. The van der Waals surface area contributed by atoms with Crippen LogP contribution in [0.2, 0.25) is 0 Å². The first kappa shape index (κ1) is 17.8. The molecule has 0 bridgehead atoms. The van der Waals surface area contributed by atoms with Crippen LogP contribution in [0.15, 0.2) is 42.6 Å². The van der Waals surface area contributed by atoms with Gasteiger partial charge in [0.05, 0.1) is 6.54 Å². The molecular formula is C19H23NO4. The molecule has 2 rings (SSSR count). The van der Waals surface area contributed by atoms with Gasteiger partial charge in [-0.2, -0.15) is 0 Å². The zero-order chi connectivity index (χ0) is 17.7. The lowest BCUT2D eigenvalue weighted by atomic mass is 10.2. The van der Waals surface area contributed by atoms with Gasteiger partial charge in [0.15, 0.2) is 5.78 Å². The SMILES string of the molecule is Cc1ccc(OCC(=O)Cn2cccc2C(=O)OC(C)(C)C)cc1.